The first-order valence-corrected chi connectivity index (χ1v) is 10.9. The molecule has 8 nitrogen and oxygen atoms in total. The van der Waals surface area contributed by atoms with Crippen LogP contribution in [-0.2, 0) is 0 Å². The minimum Gasteiger partial charge on any atom is -0.321 e. The molecule has 5 rings (SSSR count). The molecule has 0 spiro atoms. The van der Waals surface area contributed by atoms with E-state index in [1.54, 1.807) is 22.9 Å². The van der Waals surface area contributed by atoms with E-state index in [0.29, 0.717) is 16.8 Å². The van der Waals surface area contributed by atoms with Crippen LogP contribution in [0.2, 0.25) is 0 Å². The van der Waals surface area contributed by atoms with E-state index < -0.39 is 0 Å². The summed E-state index contributed by atoms with van der Waals surface area (Å²) < 4.78 is 1.70. The topological polar surface area (TPSA) is 106 Å². The van der Waals surface area contributed by atoms with E-state index in [1.807, 2.05) is 74.5 Å². The normalized spacial score (nSPS) is 11.1. The zero-order valence-corrected chi connectivity index (χ0v) is 18.7. The fourth-order valence-electron chi connectivity index (χ4n) is 3.97. The van der Waals surface area contributed by atoms with Crippen LogP contribution in [0.1, 0.15) is 35.9 Å². The Balaban J connectivity index is 1.43. The van der Waals surface area contributed by atoms with E-state index in [1.165, 1.54) is 0 Å². The summed E-state index contributed by atoms with van der Waals surface area (Å²) in [5.74, 6) is -0.288. The second-order valence-electron chi connectivity index (χ2n) is 8.20. The molecule has 3 aromatic carbocycles. The van der Waals surface area contributed by atoms with Gasteiger partial charge in [-0.05, 0) is 36.2 Å². The lowest BCUT2D eigenvalue weighted by molar-refractivity contribution is 0.102. The summed E-state index contributed by atoms with van der Waals surface area (Å²) in [6, 6.07) is 24.2. The van der Waals surface area contributed by atoms with Crippen LogP contribution in [-0.4, -0.2) is 31.1 Å². The molecule has 5 aromatic rings. The van der Waals surface area contributed by atoms with Gasteiger partial charge >= 0.3 is 0 Å². The molecule has 168 valence electrons. The van der Waals surface area contributed by atoms with Gasteiger partial charge in [-0.15, -0.1) is 5.10 Å². The molecule has 0 fully saturated rings. The van der Waals surface area contributed by atoms with Crippen LogP contribution in [0.5, 0.6) is 0 Å². The number of carbonyl (C=O) groups is 1. The van der Waals surface area contributed by atoms with E-state index in [9.17, 15) is 9.59 Å². The van der Waals surface area contributed by atoms with Gasteiger partial charge in [-0.2, -0.15) is 5.10 Å². The van der Waals surface area contributed by atoms with E-state index in [0.717, 1.165) is 22.3 Å². The van der Waals surface area contributed by atoms with Crippen LogP contribution in [0, 0.1) is 0 Å². The fourth-order valence-corrected chi connectivity index (χ4v) is 3.97. The van der Waals surface area contributed by atoms with Gasteiger partial charge in [-0.1, -0.05) is 67.6 Å². The van der Waals surface area contributed by atoms with Crippen LogP contribution in [0.4, 0.5) is 5.69 Å². The molecule has 34 heavy (non-hydrogen) atoms. The van der Waals surface area contributed by atoms with Crippen molar-refractivity contribution in [1.29, 1.82) is 0 Å². The maximum absolute atomic E-state index is 13.1. The molecule has 0 aliphatic rings. The molecule has 1 amide bonds. The third-order valence-corrected chi connectivity index (χ3v) is 5.58. The first-order valence-electron chi connectivity index (χ1n) is 10.9. The van der Waals surface area contributed by atoms with Crippen molar-refractivity contribution < 1.29 is 4.79 Å². The molecule has 0 saturated heterocycles. The van der Waals surface area contributed by atoms with Gasteiger partial charge in [-0.25, -0.2) is 9.78 Å². The van der Waals surface area contributed by atoms with Crippen molar-refractivity contribution in [1.82, 2.24) is 25.2 Å². The molecule has 0 radical (unpaired) electrons. The highest BCUT2D eigenvalue weighted by Crippen LogP contribution is 2.26. The van der Waals surface area contributed by atoms with Crippen molar-refractivity contribution in [3.63, 3.8) is 0 Å². The summed E-state index contributed by atoms with van der Waals surface area (Å²) in [5, 5.41) is 19.4. The molecule has 8 heteroatoms. The molecule has 0 aliphatic carbocycles. The van der Waals surface area contributed by atoms with E-state index >= 15 is 0 Å². The highest BCUT2D eigenvalue weighted by atomic mass is 16.2. The number of benzene rings is 3. The maximum Gasteiger partial charge on any atom is 0.278 e. The molecular weight excluding hydrogens is 428 g/mol. The predicted molar refractivity (Wildman–Crippen MR) is 131 cm³/mol. The standard InChI is InChI=1S/C26H22N6O2/c1-16(2)24-23(29-31-32(24)19-8-4-3-5-9-19)26(34)27-18-14-12-17(13-15-18)22-20-10-6-7-11-21(20)25(33)30-28-22/h3-16H,1-2H3,(H,27,34)(H,30,33). The van der Waals surface area contributed by atoms with Crippen molar-refractivity contribution in [3.05, 3.63) is 101 Å². The van der Waals surface area contributed by atoms with Crippen LogP contribution in [0.15, 0.2) is 83.7 Å². The lowest BCUT2D eigenvalue weighted by Crippen LogP contribution is -2.16. The smallest absolute Gasteiger partial charge is 0.278 e. The third kappa shape index (κ3) is 3.86. The summed E-state index contributed by atoms with van der Waals surface area (Å²) in [7, 11) is 0. The quantitative estimate of drug-likeness (QED) is 0.409. The average Bonchev–Trinajstić information content (AvgIpc) is 3.32. The SMILES string of the molecule is CC(C)c1c(C(=O)Nc2ccc(-c3n[nH]c(=O)c4ccccc34)cc2)nnn1-c1ccccc1. The Morgan fingerprint density at radius 3 is 2.29 bits per heavy atom. The minimum absolute atomic E-state index is 0.0397. The number of para-hydroxylation sites is 1. The van der Waals surface area contributed by atoms with Gasteiger partial charge in [0.05, 0.1) is 22.5 Å². The molecule has 0 aliphatic heterocycles. The number of H-pyrrole nitrogens is 1. The molecule has 0 saturated carbocycles. The second kappa shape index (κ2) is 8.74. The fraction of sp³-hybridized carbons (Fsp3) is 0.115. The van der Waals surface area contributed by atoms with Gasteiger partial charge in [0.2, 0.25) is 0 Å². The molecule has 2 N–H and O–H groups in total. The number of nitrogens with one attached hydrogen (secondary N) is 2. The van der Waals surface area contributed by atoms with Crippen LogP contribution >= 0.6 is 0 Å². The molecule has 0 atom stereocenters. The number of hydrogen-bond donors (Lipinski definition) is 2. The first kappa shape index (κ1) is 21.3. The van der Waals surface area contributed by atoms with Crippen molar-refractivity contribution >= 4 is 22.4 Å². The number of aromatic amines is 1. The monoisotopic (exact) mass is 450 g/mol. The van der Waals surface area contributed by atoms with Crippen LogP contribution in [0.3, 0.4) is 0 Å². The lowest BCUT2D eigenvalue weighted by atomic mass is 10.0. The second-order valence-corrected chi connectivity index (χ2v) is 8.20. The predicted octanol–water partition coefficient (Wildman–Crippen LogP) is 4.55. The number of carbonyl (C=O) groups excluding carboxylic acids is 1. The zero-order chi connectivity index (χ0) is 23.7. The van der Waals surface area contributed by atoms with Crippen molar-refractivity contribution in [2.75, 3.05) is 5.32 Å². The Hall–Kier alpha value is -4.59. The van der Waals surface area contributed by atoms with Crippen molar-refractivity contribution in [2.45, 2.75) is 19.8 Å². The summed E-state index contributed by atoms with van der Waals surface area (Å²) in [5.41, 5.74) is 3.76. The summed E-state index contributed by atoms with van der Waals surface area (Å²) in [4.78, 5) is 25.1. The first-order chi connectivity index (χ1) is 16.5. The summed E-state index contributed by atoms with van der Waals surface area (Å²) in [6.45, 7) is 4.01. The van der Waals surface area contributed by atoms with Gasteiger partial charge in [0.1, 0.15) is 0 Å². The summed E-state index contributed by atoms with van der Waals surface area (Å²) in [6.07, 6.45) is 0. The third-order valence-electron chi connectivity index (χ3n) is 5.58. The number of fused-ring (bicyclic) bond motifs is 1. The molecule has 0 unspecified atom stereocenters. The Labute approximate surface area is 195 Å². The Morgan fingerprint density at radius 1 is 0.912 bits per heavy atom. The maximum atomic E-state index is 13.1. The Morgan fingerprint density at radius 2 is 1.59 bits per heavy atom. The van der Waals surface area contributed by atoms with Crippen molar-refractivity contribution in [2.24, 2.45) is 0 Å². The zero-order valence-electron chi connectivity index (χ0n) is 18.7. The number of rotatable bonds is 5. The largest absolute Gasteiger partial charge is 0.321 e. The number of aromatic nitrogens is 5. The Kier molecular flexibility index (Phi) is 5.47. The van der Waals surface area contributed by atoms with Gasteiger partial charge in [-0.3, -0.25) is 9.59 Å². The van der Waals surface area contributed by atoms with E-state index in [2.05, 4.69) is 25.8 Å². The van der Waals surface area contributed by atoms with E-state index in [4.69, 9.17) is 0 Å². The molecule has 2 aromatic heterocycles. The van der Waals surface area contributed by atoms with Gasteiger partial charge in [0, 0.05) is 16.6 Å². The van der Waals surface area contributed by atoms with Crippen molar-refractivity contribution in [3.8, 4) is 16.9 Å². The van der Waals surface area contributed by atoms with Gasteiger partial charge in [0.25, 0.3) is 11.5 Å². The van der Waals surface area contributed by atoms with E-state index in [-0.39, 0.29) is 23.1 Å². The number of amides is 1. The minimum atomic E-state index is -0.328. The van der Waals surface area contributed by atoms with Crippen LogP contribution < -0.4 is 10.9 Å². The molecule has 0 bridgehead atoms. The number of nitrogens with zero attached hydrogens (tertiary/aromatic N) is 4. The molecular formula is C26H22N6O2. The average molecular weight is 451 g/mol. The van der Waals surface area contributed by atoms with Crippen LogP contribution in [0.25, 0.3) is 27.7 Å². The lowest BCUT2D eigenvalue weighted by Gasteiger charge is -2.11. The van der Waals surface area contributed by atoms with Gasteiger partial charge in [0.15, 0.2) is 5.69 Å². The highest BCUT2D eigenvalue weighted by Gasteiger charge is 2.23. The van der Waals surface area contributed by atoms with Gasteiger partial charge < -0.3 is 5.32 Å². The molecule has 2 heterocycles. The summed E-state index contributed by atoms with van der Waals surface area (Å²) >= 11 is 0. The highest BCUT2D eigenvalue weighted by molar-refractivity contribution is 6.04. The number of anilines is 1. The Bertz CT molecular complexity index is 1540. The number of hydrogen-bond acceptors (Lipinski definition) is 5.